The average Bonchev–Trinajstić information content (AvgIpc) is 3.09. The first-order valence-corrected chi connectivity index (χ1v) is 8.35. The van der Waals surface area contributed by atoms with Crippen molar-refractivity contribution in [2.75, 3.05) is 23.7 Å². The Labute approximate surface area is 151 Å². The van der Waals surface area contributed by atoms with Gasteiger partial charge in [0.15, 0.2) is 11.5 Å². The molecule has 2 amide bonds. The number of carbonyl (C=O) groups is 2. The Balaban J connectivity index is 1.90. The van der Waals surface area contributed by atoms with E-state index in [1.807, 2.05) is 13.8 Å². The highest BCUT2D eigenvalue weighted by Crippen LogP contribution is 2.37. The van der Waals surface area contributed by atoms with Gasteiger partial charge < -0.3 is 20.2 Å². The van der Waals surface area contributed by atoms with Crippen LogP contribution in [0.15, 0.2) is 46.8 Å². The minimum atomic E-state index is -0.418. The fourth-order valence-corrected chi connectivity index (χ4v) is 2.51. The highest BCUT2D eigenvalue weighted by molar-refractivity contribution is 6.12. The Morgan fingerprint density at radius 1 is 1.35 bits per heavy atom. The number of furan rings is 1. The summed E-state index contributed by atoms with van der Waals surface area (Å²) in [5, 5.41) is 2.82. The number of ether oxygens (including phenoxy) is 1. The van der Waals surface area contributed by atoms with E-state index in [-0.39, 0.29) is 18.2 Å². The van der Waals surface area contributed by atoms with Crippen molar-refractivity contribution in [2.24, 2.45) is 5.92 Å². The summed E-state index contributed by atoms with van der Waals surface area (Å²) in [6, 6.07) is 8.37. The molecule has 0 saturated heterocycles. The summed E-state index contributed by atoms with van der Waals surface area (Å²) in [5.74, 6) is 0.618. The van der Waals surface area contributed by atoms with Crippen molar-refractivity contribution < 1.29 is 18.7 Å². The molecule has 7 nitrogen and oxygen atoms in total. The van der Waals surface area contributed by atoms with Crippen LogP contribution in [-0.2, 0) is 9.59 Å². The summed E-state index contributed by atoms with van der Waals surface area (Å²) in [5.41, 5.74) is 6.83. The lowest BCUT2D eigenvalue weighted by Crippen LogP contribution is -2.44. The highest BCUT2D eigenvalue weighted by Gasteiger charge is 2.32. The van der Waals surface area contributed by atoms with Gasteiger partial charge in [-0.15, -0.1) is 0 Å². The highest BCUT2D eigenvalue weighted by atomic mass is 16.5. The number of hydrogen-bond acceptors (Lipinski definition) is 5. The van der Waals surface area contributed by atoms with Gasteiger partial charge in [0.25, 0.3) is 5.91 Å². The van der Waals surface area contributed by atoms with Crippen LogP contribution >= 0.6 is 0 Å². The monoisotopic (exact) mass is 355 g/mol. The number of nitrogen functional groups attached to an aromatic ring is 1. The van der Waals surface area contributed by atoms with Crippen LogP contribution in [0.1, 0.15) is 19.6 Å². The summed E-state index contributed by atoms with van der Waals surface area (Å²) in [6.45, 7) is 4.44. The number of carbonyl (C=O) groups excluding carboxylic acids is 2. The minimum absolute atomic E-state index is 0.0645. The number of benzene rings is 1. The smallest absolute Gasteiger partial charge is 0.294 e. The normalized spacial score (nSPS) is 15.1. The summed E-state index contributed by atoms with van der Waals surface area (Å²) >= 11 is 0. The molecule has 0 aliphatic carbocycles. The van der Waals surface area contributed by atoms with Gasteiger partial charge >= 0.3 is 0 Å². The molecular formula is C19H21N3O4. The largest absolute Gasteiger partial charge is 0.465 e. The SMILES string of the molecule is CC(C)CNC(=O)CN1C(=O)/C(=C\c2ccco2)Oc2cc(N)ccc21. The first-order valence-electron chi connectivity index (χ1n) is 8.35. The van der Waals surface area contributed by atoms with Crippen LogP contribution in [0.5, 0.6) is 5.75 Å². The molecule has 1 aliphatic heterocycles. The Kier molecular flexibility index (Phi) is 4.97. The zero-order valence-electron chi connectivity index (χ0n) is 14.7. The molecule has 136 valence electrons. The van der Waals surface area contributed by atoms with Gasteiger partial charge in [0, 0.05) is 24.4 Å². The van der Waals surface area contributed by atoms with Crippen LogP contribution in [-0.4, -0.2) is 24.9 Å². The van der Waals surface area contributed by atoms with Crippen molar-refractivity contribution in [3.8, 4) is 5.75 Å². The van der Waals surface area contributed by atoms with Crippen molar-refractivity contribution in [3.63, 3.8) is 0 Å². The minimum Gasteiger partial charge on any atom is -0.465 e. The molecule has 0 radical (unpaired) electrons. The van der Waals surface area contributed by atoms with Gasteiger partial charge in [0.2, 0.25) is 5.91 Å². The van der Waals surface area contributed by atoms with Crippen LogP contribution in [0, 0.1) is 5.92 Å². The molecule has 2 aromatic rings. The third kappa shape index (κ3) is 3.88. The summed E-state index contributed by atoms with van der Waals surface area (Å²) in [6.07, 6.45) is 3.00. The second-order valence-electron chi connectivity index (χ2n) is 6.44. The molecule has 0 saturated carbocycles. The molecule has 3 rings (SSSR count). The van der Waals surface area contributed by atoms with Gasteiger partial charge in [-0.2, -0.15) is 0 Å². The van der Waals surface area contributed by atoms with E-state index in [0.717, 1.165) is 0 Å². The van der Waals surface area contributed by atoms with E-state index in [0.29, 0.717) is 35.3 Å². The maximum absolute atomic E-state index is 12.9. The van der Waals surface area contributed by atoms with E-state index in [9.17, 15) is 9.59 Å². The quantitative estimate of drug-likeness (QED) is 0.634. The number of nitrogens with one attached hydrogen (secondary N) is 1. The lowest BCUT2D eigenvalue weighted by atomic mass is 10.1. The van der Waals surface area contributed by atoms with Crippen molar-refractivity contribution in [3.05, 3.63) is 48.1 Å². The maximum atomic E-state index is 12.9. The van der Waals surface area contributed by atoms with Crippen molar-refractivity contribution in [1.29, 1.82) is 0 Å². The van der Waals surface area contributed by atoms with Gasteiger partial charge in [0.05, 0.1) is 12.0 Å². The molecule has 0 atom stereocenters. The van der Waals surface area contributed by atoms with E-state index in [4.69, 9.17) is 14.9 Å². The standard InChI is InChI=1S/C19H21N3O4/c1-12(2)10-21-18(23)11-22-15-6-5-13(20)8-16(15)26-17(19(22)24)9-14-4-3-7-25-14/h3-9,12H,10-11,20H2,1-2H3,(H,21,23)/b17-9+. The van der Waals surface area contributed by atoms with E-state index in [2.05, 4.69) is 5.32 Å². The molecule has 0 fully saturated rings. The zero-order valence-corrected chi connectivity index (χ0v) is 14.7. The fraction of sp³-hybridized carbons (Fsp3) is 0.263. The van der Waals surface area contributed by atoms with E-state index in [1.165, 1.54) is 17.2 Å². The third-order valence-electron chi connectivity index (χ3n) is 3.78. The third-order valence-corrected chi connectivity index (χ3v) is 3.78. The Morgan fingerprint density at radius 2 is 2.15 bits per heavy atom. The van der Waals surface area contributed by atoms with Crippen LogP contribution in [0.25, 0.3) is 6.08 Å². The number of nitrogens with zero attached hydrogens (tertiary/aromatic N) is 1. The zero-order chi connectivity index (χ0) is 18.7. The summed E-state index contributed by atoms with van der Waals surface area (Å²) in [7, 11) is 0. The molecule has 26 heavy (non-hydrogen) atoms. The lowest BCUT2D eigenvalue weighted by Gasteiger charge is -2.30. The molecule has 3 N–H and O–H groups in total. The van der Waals surface area contributed by atoms with Crippen LogP contribution in [0.4, 0.5) is 11.4 Å². The number of nitrogens with two attached hydrogens (primary N) is 1. The van der Waals surface area contributed by atoms with Crippen molar-refractivity contribution in [1.82, 2.24) is 5.32 Å². The topological polar surface area (TPSA) is 97.8 Å². The Morgan fingerprint density at radius 3 is 2.85 bits per heavy atom. The predicted molar refractivity (Wildman–Crippen MR) is 98.4 cm³/mol. The Bertz CT molecular complexity index is 840. The fourth-order valence-electron chi connectivity index (χ4n) is 2.51. The summed E-state index contributed by atoms with van der Waals surface area (Å²) < 4.78 is 11.0. The predicted octanol–water partition coefficient (Wildman–Crippen LogP) is 2.40. The van der Waals surface area contributed by atoms with Crippen LogP contribution in [0.2, 0.25) is 0 Å². The van der Waals surface area contributed by atoms with E-state index >= 15 is 0 Å². The van der Waals surface area contributed by atoms with Gasteiger partial charge in [0.1, 0.15) is 12.3 Å². The van der Waals surface area contributed by atoms with Crippen molar-refractivity contribution in [2.45, 2.75) is 13.8 Å². The lowest BCUT2D eigenvalue weighted by molar-refractivity contribution is -0.123. The molecule has 0 spiro atoms. The second kappa shape index (κ2) is 7.35. The second-order valence-corrected chi connectivity index (χ2v) is 6.44. The van der Waals surface area contributed by atoms with Crippen LogP contribution < -0.4 is 20.7 Å². The molecule has 2 heterocycles. The number of amides is 2. The van der Waals surface area contributed by atoms with Gasteiger partial charge in [-0.1, -0.05) is 13.8 Å². The molecular weight excluding hydrogens is 334 g/mol. The average molecular weight is 355 g/mol. The number of rotatable bonds is 5. The number of anilines is 2. The molecule has 0 bridgehead atoms. The summed E-state index contributed by atoms with van der Waals surface area (Å²) in [4.78, 5) is 26.5. The van der Waals surface area contributed by atoms with Crippen LogP contribution in [0.3, 0.4) is 0 Å². The molecule has 1 aromatic heterocycles. The van der Waals surface area contributed by atoms with Gasteiger partial charge in [-0.3, -0.25) is 14.5 Å². The molecule has 7 heteroatoms. The first-order chi connectivity index (χ1) is 12.4. The molecule has 1 aromatic carbocycles. The van der Waals surface area contributed by atoms with Gasteiger partial charge in [-0.25, -0.2) is 0 Å². The molecule has 0 unspecified atom stereocenters. The van der Waals surface area contributed by atoms with Crippen molar-refractivity contribution >= 4 is 29.3 Å². The first kappa shape index (κ1) is 17.6. The number of hydrogen-bond donors (Lipinski definition) is 2. The maximum Gasteiger partial charge on any atom is 0.294 e. The Hall–Kier alpha value is -3.22. The number of fused-ring (bicyclic) bond motifs is 1. The van der Waals surface area contributed by atoms with E-state index < -0.39 is 5.91 Å². The van der Waals surface area contributed by atoms with E-state index in [1.54, 1.807) is 30.3 Å². The molecule has 1 aliphatic rings. The van der Waals surface area contributed by atoms with Gasteiger partial charge in [-0.05, 0) is 30.2 Å².